The lowest BCUT2D eigenvalue weighted by Gasteiger charge is -2.32. The number of hydrogen-bond acceptors (Lipinski definition) is 7. The van der Waals surface area contributed by atoms with Crippen molar-refractivity contribution in [2.45, 2.75) is 45.1 Å². The number of esters is 1. The van der Waals surface area contributed by atoms with Crippen LogP contribution in [0.4, 0.5) is 4.79 Å². The van der Waals surface area contributed by atoms with Crippen molar-refractivity contribution in [3.05, 3.63) is 35.9 Å². The van der Waals surface area contributed by atoms with Gasteiger partial charge in [0.2, 0.25) is 5.75 Å². The Bertz CT molecular complexity index is 959. The number of amides is 2. The molecule has 0 radical (unpaired) electrons. The summed E-state index contributed by atoms with van der Waals surface area (Å²) in [5, 5.41) is 2.66. The van der Waals surface area contributed by atoms with E-state index >= 15 is 0 Å². The van der Waals surface area contributed by atoms with Gasteiger partial charge in [-0.1, -0.05) is 13.3 Å². The summed E-state index contributed by atoms with van der Waals surface area (Å²) in [6.45, 7) is 4.10. The summed E-state index contributed by atoms with van der Waals surface area (Å²) in [6, 6.07) is 3.63. The number of piperidine rings is 1. The standard InChI is InChI=1S/C25H36N4O6/c1-5-6-13-35-22(30)16-27-25(31)28-10-7-19(8-11-28)24-26-9-12-29(24)17-18-14-20(32-2)23(34-4)21(15-18)33-3/h9,12,14-15,19H,5-8,10-11,13,16-17H2,1-4H3,(H,27,31). The fourth-order valence-corrected chi connectivity index (χ4v) is 4.22. The molecular weight excluding hydrogens is 452 g/mol. The number of aromatic nitrogens is 2. The molecule has 0 bridgehead atoms. The monoisotopic (exact) mass is 488 g/mol. The Hall–Kier alpha value is -3.43. The quantitative estimate of drug-likeness (QED) is 0.383. The summed E-state index contributed by atoms with van der Waals surface area (Å²) in [7, 11) is 4.78. The summed E-state index contributed by atoms with van der Waals surface area (Å²) in [5.41, 5.74) is 1.00. The van der Waals surface area contributed by atoms with Gasteiger partial charge in [0.25, 0.3) is 0 Å². The van der Waals surface area contributed by atoms with E-state index in [1.54, 1.807) is 32.4 Å². The van der Waals surface area contributed by atoms with E-state index in [-0.39, 0.29) is 18.5 Å². The van der Waals surface area contributed by atoms with E-state index in [0.29, 0.717) is 43.5 Å². The number of urea groups is 1. The third kappa shape index (κ3) is 6.80. The van der Waals surface area contributed by atoms with Gasteiger partial charge < -0.3 is 33.7 Å². The highest BCUT2D eigenvalue weighted by molar-refractivity contribution is 5.80. The van der Waals surface area contributed by atoms with Gasteiger partial charge in [-0.2, -0.15) is 0 Å². The number of carbonyl (C=O) groups is 2. The maximum Gasteiger partial charge on any atom is 0.325 e. The summed E-state index contributed by atoms with van der Waals surface area (Å²) in [4.78, 5) is 30.5. The topological polar surface area (TPSA) is 104 Å². The summed E-state index contributed by atoms with van der Waals surface area (Å²) < 4.78 is 23.6. The molecule has 0 atom stereocenters. The second-order valence-electron chi connectivity index (χ2n) is 8.44. The molecular formula is C25H36N4O6. The average molecular weight is 489 g/mol. The number of nitrogens with zero attached hydrogens (tertiary/aromatic N) is 3. The molecule has 1 aromatic heterocycles. The molecule has 2 amide bonds. The largest absolute Gasteiger partial charge is 0.493 e. The number of benzene rings is 1. The Morgan fingerprint density at radius 3 is 2.37 bits per heavy atom. The number of rotatable bonds is 11. The molecule has 0 aliphatic carbocycles. The molecule has 2 aromatic rings. The normalized spacial score (nSPS) is 13.9. The molecule has 1 aliphatic heterocycles. The predicted molar refractivity (Wildman–Crippen MR) is 130 cm³/mol. The van der Waals surface area contributed by atoms with Crippen LogP contribution in [0.3, 0.4) is 0 Å². The van der Waals surface area contributed by atoms with Crippen molar-refractivity contribution < 1.29 is 28.5 Å². The maximum atomic E-state index is 12.5. The van der Waals surface area contributed by atoms with Crippen LogP contribution in [0.5, 0.6) is 17.2 Å². The zero-order valence-corrected chi connectivity index (χ0v) is 21.0. The van der Waals surface area contributed by atoms with Crippen molar-refractivity contribution in [3.8, 4) is 17.2 Å². The first kappa shape index (κ1) is 26.2. The van der Waals surface area contributed by atoms with Crippen molar-refractivity contribution in [2.24, 2.45) is 0 Å². The van der Waals surface area contributed by atoms with E-state index in [9.17, 15) is 9.59 Å². The van der Waals surface area contributed by atoms with Crippen LogP contribution in [-0.4, -0.2) is 74.0 Å². The van der Waals surface area contributed by atoms with Crippen molar-refractivity contribution in [1.82, 2.24) is 19.8 Å². The first-order chi connectivity index (χ1) is 17.0. The Balaban J connectivity index is 1.57. The third-order valence-corrected chi connectivity index (χ3v) is 6.12. The third-order valence-electron chi connectivity index (χ3n) is 6.12. The van der Waals surface area contributed by atoms with Crippen LogP contribution in [0, 0.1) is 0 Å². The SMILES string of the molecule is CCCCOC(=O)CNC(=O)N1CCC(c2nccn2Cc2cc(OC)c(OC)c(OC)c2)CC1. The van der Waals surface area contributed by atoms with Crippen LogP contribution in [0.1, 0.15) is 49.9 Å². The highest BCUT2D eigenvalue weighted by atomic mass is 16.5. The fourth-order valence-electron chi connectivity index (χ4n) is 4.22. The van der Waals surface area contributed by atoms with Crippen LogP contribution in [-0.2, 0) is 16.1 Å². The highest BCUT2D eigenvalue weighted by Gasteiger charge is 2.27. The molecule has 1 aromatic carbocycles. The van der Waals surface area contributed by atoms with Gasteiger partial charge in [0.05, 0.1) is 27.9 Å². The number of unbranched alkanes of at least 4 members (excludes halogenated alkanes) is 1. The van der Waals surface area contributed by atoms with Crippen molar-refractivity contribution in [3.63, 3.8) is 0 Å². The number of likely N-dealkylation sites (tertiary alicyclic amines) is 1. The number of carbonyl (C=O) groups excluding carboxylic acids is 2. The van der Waals surface area contributed by atoms with Crippen LogP contribution in [0.15, 0.2) is 24.5 Å². The van der Waals surface area contributed by atoms with Gasteiger partial charge >= 0.3 is 12.0 Å². The molecule has 10 nitrogen and oxygen atoms in total. The number of methoxy groups -OCH3 is 3. The van der Waals surface area contributed by atoms with E-state index in [4.69, 9.17) is 18.9 Å². The van der Waals surface area contributed by atoms with Crippen molar-refractivity contribution >= 4 is 12.0 Å². The van der Waals surface area contributed by atoms with Gasteiger partial charge in [-0.15, -0.1) is 0 Å². The molecule has 1 fully saturated rings. The Morgan fingerprint density at radius 1 is 1.09 bits per heavy atom. The highest BCUT2D eigenvalue weighted by Crippen LogP contribution is 2.38. The minimum absolute atomic E-state index is 0.109. The summed E-state index contributed by atoms with van der Waals surface area (Å²) in [6.07, 6.45) is 7.12. The molecule has 35 heavy (non-hydrogen) atoms. The molecule has 1 N–H and O–H groups in total. The van der Waals surface area contributed by atoms with E-state index in [1.807, 2.05) is 25.3 Å². The van der Waals surface area contributed by atoms with Crippen LogP contribution in [0.2, 0.25) is 0 Å². The van der Waals surface area contributed by atoms with Crippen molar-refractivity contribution in [2.75, 3.05) is 47.6 Å². The van der Waals surface area contributed by atoms with Crippen molar-refractivity contribution in [1.29, 1.82) is 0 Å². The second kappa shape index (κ2) is 12.9. The molecule has 192 valence electrons. The van der Waals surface area contributed by atoms with Crippen LogP contribution in [0.25, 0.3) is 0 Å². The smallest absolute Gasteiger partial charge is 0.325 e. The second-order valence-corrected chi connectivity index (χ2v) is 8.44. The lowest BCUT2D eigenvalue weighted by Crippen LogP contribution is -2.45. The van der Waals surface area contributed by atoms with Gasteiger partial charge in [0, 0.05) is 37.9 Å². The fraction of sp³-hybridized carbons (Fsp3) is 0.560. The minimum Gasteiger partial charge on any atom is -0.493 e. The summed E-state index contributed by atoms with van der Waals surface area (Å²) in [5.74, 6) is 2.59. The van der Waals surface area contributed by atoms with Gasteiger partial charge in [-0.05, 0) is 37.0 Å². The molecule has 1 saturated heterocycles. The van der Waals surface area contributed by atoms with E-state index in [1.165, 1.54) is 0 Å². The van der Waals surface area contributed by atoms with Gasteiger partial charge in [-0.3, -0.25) is 4.79 Å². The van der Waals surface area contributed by atoms with Gasteiger partial charge in [0.1, 0.15) is 12.4 Å². The van der Waals surface area contributed by atoms with E-state index < -0.39 is 5.97 Å². The number of nitrogens with one attached hydrogen (secondary N) is 1. The predicted octanol–water partition coefficient (Wildman–Crippen LogP) is 3.19. The molecule has 0 unspecified atom stereocenters. The Morgan fingerprint density at radius 2 is 1.77 bits per heavy atom. The molecule has 2 heterocycles. The Labute approximate surface area is 206 Å². The Kier molecular flexibility index (Phi) is 9.63. The van der Waals surface area contributed by atoms with E-state index in [0.717, 1.165) is 37.1 Å². The molecule has 1 aliphatic rings. The zero-order valence-electron chi connectivity index (χ0n) is 21.0. The molecule has 0 spiro atoms. The average Bonchev–Trinajstić information content (AvgIpc) is 3.34. The van der Waals surface area contributed by atoms with Crippen LogP contribution >= 0.6 is 0 Å². The molecule has 0 saturated carbocycles. The minimum atomic E-state index is -0.407. The van der Waals surface area contributed by atoms with Crippen LogP contribution < -0.4 is 19.5 Å². The zero-order chi connectivity index (χ0) is 25.2. The number of imidazole rings is 1. The first-order valence-corrected chi connectivity index (χ1v) is 12.0. The lowest BCUT2D eigenvalue weighted by molar-refractivity contribution is -0.142. The number of hydrogen-bond donors (Lipinski definition) is 1. The van der Waals surface area contributed by atoms with Gasteiger partial charge in [-0.25, -0.2) is 9.78 Å². The summed E-state index contributed by atoms with van der Waals surface area (Å²) >= 11 is 0. The lowest BCUT2D eigenvalue weighted by atomic mass is 9.96. The first-order valence-electron chi connectivity index (χ1n) is 12.0. The van der Waals surface area contributed by atoms with Gasteiger partial charge in [0.15, 0.2) is 11.5 Å². The maximum absolute atomic E-state index is 12.5. The molecule has 3 rings (SSSR count). The number of ether oxygens (including phenoxy) is 4. The molecule has 10 heteroatoms. The van der Waals surface area contributed by atoms with E-state index in [2.05, 4.69) is 14.9 Å².